The zero-order valence-corrected chi connectivity index (χ0v) is 25.6. The van der Waals surface area contributed by atoms with E-state index in [9.17, 15) is 0 Å². The van der Waals surface area contributed by atoms with Gasteiger partial charge < -0.3 is 0 Å². The van der Waals surface area contributed by atoms with E-state index < -0.39 is 23.2 Å². The van der Waals surface area contributed by atoms with Gasteiger partial charge >= 0.3 is 226 Å². The van der Waals surface area contributed by atoms with Crippen LogP contribution in [0.25, 0.3) is 12.2 Å². The van der Waals surface area contributed by atoms with Crippen molar-refractivity contribution in [1.82, 2.24) is 0 Å². The summed E-state index contributed by atoms with van der Waals surface area (Å²) in [5, 5.41) is 0. The van der Waals surface area contributed by atoms with Gasteiger partial charge in [-0.2, -0.15) is 0 Å². The molecule has 0 nitrogen and oxygen atoms in total. The Labute approximate surface area is 225 Å². The van der Waals surface area contributed by atoms with E-state index in [4.69, 9.17) is 0 Å². The summed E-state index contributed by atoms with van der Waals surface area (Å²) in [6.07, 6.45) is 10.8. The molecule has 2 aliphatic heterocycles. The van der Waals surface area contributed by atoms with Gasteiger partial charge in [0.1, 0.15) is 0 Å². The van der Waals surface area contributed by atoms with E-state index in [1.165, 1.54) is 25.7 Å². The molecular weight excluding hydrogens is 500 g/mol. The van der Waals surface area contributed by atoms with Gasteiger partial charge in [0, 0.05) is 0 Å². The second-order valence-electron chi connectivity index (χ2n) is 13.0. The summed E-state index contributed by atoms with van der Waals surface area (Å²) in [5.74, 6) is 2.36. The second-order valence-corrected chi connectivity index (χ2v) is 17.8. The van der Waals surface area contributed by atoms with Gasteiger partial charge in [-0.05, 0) is 0 Å². The van der Waals surface area contributed by atoms with Gasteiger partial charge in [-0.3, -0.25) is 0 Å². The van der Waals surface area contributed by atoms with Crippen molar-refractivity contribution < 1.29 is 23.2 Å². The summed E-state index contributed by atoms with van der Waals surface area (Å²) in [7, 11) is 0. The van der Waals surface area contributed by atoms with E-state index in [1.807, 2.05) is 11.1 Å². The first-order valence-corrected chi connectivity index (χ1v) is 16.6. The van der Waals surface area contributed by atoms with Crippen LogP contribution in [0, 0.1) is 0 Å². The summed E-state index contributed by atoms with van der Waals surface area (Å²) in [6.45, 7) is 19.3. The molecule has 0 amide bonds. The van der Waals surface area contributed by atoms with Crippen LogP contribution in [-0.2, 0) is 29.5 Å². The van der Waals surface area contributed by atoms with Crippen LogP contribution >= 0.6 is 0 Å². The molecule has 0 saturated carbocycles. The van der Waals surface area contributed by atoms with Crippen LogP contribution < -0.4 is 0 Å². The number of benzene rings is 2. The molecule has 2 atom stereocenters. The van der Waals surface area contributed by atoms with Gasteiger partial charge in [-0.1, -0.05) is 0 Å². The Bertz CT molecular complexity index is 1180. The quantitative estimate of drug-likeness (QED) is 0.361. The van der Waals surface area contributed by atoms with Crippen molar-refractivity contribution in [2.24, 2.45) is 0 Å². The third-order valence-electron chi connectivity index (χ3n) is 9.66. The van der Waals surface area contributed by atoms with E-state index >= 15 is 0 Å². The number of hydrogen-bond donors (Lipinski definition) is 0. The predicted octanol–water partition coefficient (Wildman–Crippen LogP) is 9.74. The zero-order valence-electron chi connectivity index (χ0n) is 23.1. The number of fused-ring (bicyclic) bond motifs is 2. The molecule has 2 saturated heterocycles. The van der Waals surface area contributed by atoms with Crippen molar-refractivity contribution in [1.29, 1.82) is 0 Å². The molecule has 182 valence electrons. The van der Waals surface area contributed by atoms with Crippen molar-refractivity contribution in [3.05, 3.63) is 79.9 Å². The standard InChI is InChI=1S/C34H42.Zr/c1-19(2)25-11-13-27(21(5)6)33-29-15-16-30-24(10-9-23(29)17-31(25)33)18-32-26(20(3)4)12-14-28(22(7)8)34(30)32;/h11-14,17-22H,9-10,15-16H2,1-8H3;. The summed E-state index contributed by atoms with van der Waals surface area (Å²) >= 11 is -0.891. The predicted molar refractivity (Wildman–Crippen MR) is 147 cm³/mol. The molecule has 4 aliphatic rings. The molecule has 2 aliphatic carbocycles. The van der Waals surface area contributed by atoms with Crippen LogP contribution in [0.2, 0.25) is 0 Å². The van der Waals surface area contributed by atoms with Crippen LogP contribution in [0.4, 0.5) is 0 Å². The van der Waals surface area contributed by atoms with Crippen molar-refractivity contribution in [3.63, 3.8) is 0 Å². The topological polar surface area (TPSA) is 0 Å². The maximum absolute atomic E-state index is 2.72. The van der Waals surface area contributed by atoms with E-state index in [-0.39, 0.29) is 0 Å². The Balaban J connectivity index is 1.61. The Morgan fingerprint density at radius 2 is 0.886 bits per heavy atom. The molecule has 0 N–H and O–H groups in total. The first-order chi connectivity index (χ1) is 16.6. The van der Waals surface area contributed by atoms with Crippen molar-refractivity contribution in [2.75, 3.05) is 0 Å². The van der Waals surface area contributed by atoms with Gasteiger partial charge in [-0.25, -0.2) is 0 Å². The average Bonchev–Trinajstić information content (AvgIpc) is 3.41. The number of allylic oxidation sites excluding steroid dienone is 2. The molecule has 2 bridgehead atoms. The molecule has 2 fully saturated rings. The fourth-order valence-electron chi connectivity index (χ4n) is 8.02. The van der Waals surface area contributed by atoms with Gasteiger partial charge in [0.2, 0.25) is 0 Å². The van der Waals surface area contributed by atoms with Crippen LogP contribution in [0.1, 0.15) is 149 Å². The maximum atomic E-state index is 2.72. The van der Waals surface area contributed by atoms with Gasteiger partial charge in [-0.15, -0.1) is 0 Å². The molecule has 2 aromatic rings. The van der Waals surface area contributed by atoms with Crippen LogP contribution in [0.15, 0.2) is 35.4 Å². The SMILES string of the molecule is CC(C)c1ccc(C(C)C)c2c1C=C1CCC3=Cc4c(C(C)C)ccc(C(C)C)c4[C]34CC[C]12[Zr]4. The normalized spacial score (nSPS) is 25.9. The molecule has 0 radical (unpaired) electrons. The van der Waals surface area contributed by atoms with Crippen LogP contribution in [0.3, 0.4) is 0 Å². The Morgan fingerprint density at radius 1 is 0.543 bits per heavy atom. The fraction of sp³-hybridized carbons (Fsp3) is 0.529. The minimum atomic E-state index is -0.891. The molecule has 2 heterocycles. The molecule has 2 aromatic carbocycles. The molecule has 6 rings (SSSR count). The minimum absolute atomic E-state index is 0.405. The van der Waals surface area contributed by atoms with Crippen molar-refractivity contribution in [3.8, 4) is 0 Å². The van der Waals surface area contributed by atoms with Crippen LogP contribution in [0.5, 0.6) is 0 Å². The third-order valence-corrected chi connectivity index (χ3v) is 15.8. The Hall–Kier alpha value is -1.20. The van der Waals surface area contributed by atoms with Crippen molar-refractivity contribution in [2.45, 2.75) is 111 Å². The first kappa shape index (κ1) is 24.2. The second kappa shape index (κ2) is 8.15. The number of rotatable bonds is 4. The summed E-state index contributed by atoms with van der Waals surface area (Å²) in [5.41, 5.74) is 17.0. The van der Waals surface area contributed by atoms with Crippen molar-refractivity contribution >= 4 is 12.2 Å². The van der Waals surface area contributed by atoms with Crippen LogP contribution in [-0.4, -0.2) is 0 Å². The summed E-state index contributed by atoms with van der Waals surface area (Å²) in [4.78, 5) is 0. The van der Waals surface area contributed by atoms with E-state index in [0.717, 1.165) is 0 Å². The van der Waals surface area contributed by atoms with E-state index in [1.54, 1.807) is 44.5 Å². The number of hydrogen-bond acceptors (Lipinski definition) is 0. The Morgan fingerprint density at radius 3 is 1.23 bits per heavy atom. The molecular formula is C34H42Zr. The molecule has 2 unspecified atom stereocenters. The van der Waals surface area contributed by atoms with Gasteiger partial charge in [0.25, 0.3) is 0 Å². The molecule has 1 heteroatoms. The summed E-state index contributed by atoms with van der Waals surface area (Å²) in [6, 6.07) is 9.98. The van der Waals surface area contributed by atoms with Gasteiger partial charge in [0.05, 0.1) is 0 Å². The molecule has 35 heavy (non-hydrogen) atoms. The summed E-state index contributed by atoms with van der Waals surface area (Å²) < 4.78 is 0.810. The van der Waals surface area contributed by atoms with E-state index in [0.29, 0.717) is 29.9 Å². The zero-order chi connectivity index (χ0) is 24.9. The average molecular weight is 542 g/mol. The van der Waals surface area contributed by atoms with E-state index in [2.05, 4.69) is 91.8 Å². The first-order valence-electron chi connectivity index (χ1n) is 14.2. The fourth-order valence-corrected chi connectivity index (χ4v) is 14.8. The molecule has 0 aromatic heterocycles. The Kier molecular flexibility index (Phi) is 5.63. The third kappa shape index (κ3) is 3.19. The molecule has 2 spiro atoms. The monoisotopic (exact) mass is 540 g/mol. The van der Waals surface area contributed by atoms with Gasteiger partial charge in [0.15, 0.2) is 0 Å².